The first-order valence-electron chi connectivity index (χ1n) is 10.4. The van der Waals surface area contributed by atoms with Gasteiger partial charge in [0.2, 0.25) is 5.91 Å². The van der Waals surface area contributed by atoms with Crippen LogP contribution in [0.1, 0.15) is 43.9 Å². The van der Waals surface area contributed by atoms with Crippen molar-refractivity contribution in [1.29, 1.82) is 0 Å². The minimum absolute atomic E-state index is 0.00255. The highest BCUT2D eigenvalue weighted by atomic mass is 35.5. The number of aryl methyl sites for hydroxylation is 2. The van der Waals surface area contributed by atoms with E-state index in [4.69, 9.17) is 16.3 Å². The van der Waals surface area contributed by atoms with Gasteiger partial charge in [-0.25, -0.2) is 0 Å². The average Bonchev–Trinajstić information content (AvgIpc) is 3.06. The topological polar surface area (TPSA) is 59.4 Å². The smallest absolute Gasteiger partial charge is 0.224 e. The van der Waals surface area contributed by atoms with Gasteiger partial charge >= 0.3 is 0 Å². The van der Waals surface area contributed by atoms with Gasteiger partial charge in [0.05, 0.1) is 18.5 Å². The molecule has 1 aliphatic heterocycles. The molecule has 2 aromatic rings. The number of likely N-dealkylation sites (tertiary alicyclic amines) is 1. The number of aromatic nitrogens is 2. The molecule has 0 saturated carbocycles. The third-order valence-electron chi connectivity index (χ3n) is 5.58. The van der Waals surface area contributed by atoms with E-state index in [2.05, 4.69) is 35.4 Å². The molecule has 0 bridgehead atoms. The molecule has 0 unspecified atom stereocenters. The number of hydrogen-bond acceptors (Lipinski definition) is 4. The first kappa shape index (κ1) is 21.7. The molecular weight excluding hydrogens is 388 g/mol. The van der Waals surface area contributed by atoms with E-state index in [1.807, 2.05) is 4.68 Å². The summed E-state index contributed by atoms with van der Waals surface area (Å²) in [4.78, 5) is 14.9. The van der Waals surface area contributed by atoms with Crippen molar-refractivity contribution in [2.24, 2.45) is 5.92 Å². The summed E-state index contributed by atoms with van der Waals surface area (Å²) in [6.45, 7) is 8.17. The lowest BCUT2D eigenvalue weighted by atomic mass is 9.93. The molecule has 1 fully saturated rings. The van der Waals surface area contributed by atoms with Gasteiger partial charge in [-0.3, -0.25) is 14.4 Å². The van der Waals surface area contributed by atoms with Crippen LogP contribution in [-0.4, -0.2) is 40.8 Å². The number of benzene rings is 1. The van der Waals surface area contributed by atoms with Crippen LogP contribution >= 0.6 is 11.6 Å². The predicted octanol–water partition coefficient (Wildman–Crippen LogP) is 4.50. The van der Waals surface area contributed by atoms with Crippen LogP contribution in [0.5, 0.6) is 5.75 Å². The second kappa shape index (κ2) is 10.1. The first-order valence-corrected chi connectivity index (χ1v) is 10.7. The van der Waals surface area contributed by atoms with E-state index in [0.717, 1.165) is 38.3 Å². The number of methoxy groups -OCH3 is 1. The largest absolute Gasteiger partial charge is 0.495 e. The Hall–Kier alpha value is -2.05. The van der Waals surface area contributed by atoms with E-state index in [0.29, 0.717) is 28.8 Å². The standard InChI is InChI=1S/C22H31ClN4O2/c1-4-27-15-18(16(2)25-27)14-26-11-5-6-17(13-26)7-10-22(28)24-20-12-19(23)8-9-21(20)29-3/h8-9,12,15,17H,4-7,10-11,13-14H2,1-3H3,(H,24,28)/t17-/m1/s1. The summed E-state index contributed by atoms with van der Waals surface area (Å²) in [6, 6.07) is 5.23. The van der Waals surface area contributed by atoms with E-state index in [-0.39, 0.29) is 5.91 Å². The highest BCUT2D eigenvalue weighted by molar-refractivity contribution is 6.31. The van der Waals surface area contributed by atoms with E-state index in [1.54, 1.807) is 25.3 Å². The molecule has 7 heteroatoms. The fraction of sp³-hybridized carbons (Fsp3) is 0.545. The summed E-state index contributed by atoms with van der Waals surface area (Å²) in [5.74, 6) is 1.16. The van der Waals surface area contributed by atoms with Gasteiger partial charge in [0.25, 0.3) is 0 Å². The Morgan fingerprint density at radius 2 is 2.24 bits per heavy atom. The van der Waals surface area contributed by atoms with Crippen LogP contribution in [0.25, 0.3) is 0 Å². The third kappa shape index (κ3) is 5.97. The quantitative estimate of drug-likeness (QED) is 0.685. The van der Waals surface area contributed by atoms with Crippen LogP contribution in [0.3, 0.4) is 0 Å². The normalized spacial score (nSPS) is 17.3. The summed E-state index contributed by atoms with van der Waals surface area (Å²) in [6.07, 6.45) is 5.90. The monoisotopic (exact) mass is 418 g/mol. The molecular formula is C22H31ClN4O2. The van der Waals surface area contributed by atoms with Crippen LogP contribution in [0, 0.1) is 12.8 Å². The number of rotatable bonds is 8. The molecule has 1 atom stereocenters. The van der Waals surface area contributed by atoms with Crippen LogP contribution in [0.4, 0.5) is 5.69 Å². The van der Waals surface area contributed by atoms with Gasteiger partial charge in [-0.05, 0) is 63.8 Å². The Morgan fingerprint density at radius 1 is 1.41 bits per heavy atom. The Morgan fingerprint density at radius 3 is 2.97 bits per heavy atom. The van der Waals surface area contributed by atoms with Gasteiger partial charge in [0.1, 0.15) is 5.75 Å². The fourth-order valence-corrected chi connectivity index (χ4v) is 4.15. The molecule has 6 nitrogen and oxygen atoms in total. The minimum Gasteiger partial charge on any atom is -0.495 e. The van der Waals surface area contributed by atoms with Crippen LogP contribution in [0.2, 0.25) is 5.02 Å². The number of nitrogens with one attached hydrogen (secondary N) is 1. The van der Waals surface area contributed by atoms with E-state index >= 15 is 0 Å². The maximum Gasteiger partial charge on any atom is 0.224 e. The first-order chi connectivity index (χ1) is 14.0. The zero-order valence-corrected chi connectivity index (χ0v) is 18.3. The highest BCUT2D eigenvalue weighted by Crippen LogP contribution is 2.28. The molecule has 1 N–H and O–H groups in total. The molecule has 1 aromatic carbocycles. The van der Waals surface area contributed by atoms with Crippen molar-refractivity contribution < 1.29 is 9.53 Å². The number of ether oxygens (including phenoxy) is 1. The van der Waals surface area contributed by atoms with Crippen molar-refractivity contribution in [1.82, 2.24) is 14.7 Å². The minimum atomic E-state index is 0.00255. The van der Waals surface area contributed by atoms with Crippen LogP contribution in [-0.2, 0) is 17.9 Å². The molecule has 1 aromatic heterocycles. The SMILES string of the molecule is CCn1cc(CN2CCC[C@H](CCC(=O)Nc3cc(Cl)ccc3OC)C2)c(C)n1. The Labute approximate surface area is 178 Å². The molecule has 0 radical (unpaired) electrons. The van der Waals surface area contributed by atoms with E-state index in [1.165, 1.54) is 18.4 Å². The molecule has 2 heterocycles. The lowest BCUT2D eigenvalue weighted by Crippen LogP contribution is -2.35. The maximum absolute atomic E-state index is 12.5. The van der Waals surface area contributed by atoms with Gasteiger partial charge in [-0.1, -0.05) is 11.6 Å². The molecule has 1 saturated heterocycles. The average molecular weight is 419 g/mol. The van der Waals surface area contributed by atoms with Crippen LogP contribution < -0.4 is 10.1 Å². The van der Waals surface area contributed by atoms with Crippen molar-refractivity contribution in [3.8, 4) is 5.75 Å². The number of carbonyl (C=O) groups excluding carboxylic acids is 1. The second-order valence-electron chi connectivity index (χ2n) is 7.77. The molecule has 158 valence electrons. The van der Waals surface area contributed by atoms with Crippen molar-refractivity contribution in [2.75, 3.05) is 25.5 Å². The number of amides is 1. The molecule has 1 amide bonds. The summed E-state index contributed by atoms with van der Waals surface area (Å²) in [7, 11) is 1.58. The molecule has 1 aliphatic rings. The Bertz CT molecular complexity index is 836. The Kier molecular flexibility index (Phi) is 7.56. The number of piperidine rings is 1. The van der Waals surface area contributed by atoms with Gasteiger partial charge in [-0.2, -0.15) is 5.10 Å². The fourth-order valence-electron chi connectivity index (χ4n) is 3.97. The zero-order valence-electron chi connectivity index (χ0n) is 17.6. The van der Waals surface area contributed by atoms with Crippen molar-refractivity contribution >= 4 is 23.2 Å². The predicted molar refractivity (Wildman–Crippen MR) is 117 cm³/mol. The van der Waals surface area contributed by atoms with Gasteiger partial charge < -0.3 is 10.1 Å². The van der Waals surface area contributed by atoms with Gasteiger partial charge in [-0.15, -0.1) is 0 Å². The lowest BCUT2D eigenvalue weighted by Gasteiger charge is -2.32. The third-order valence-corrected chi connectivity index (χ3v) is 5.82. The highest BCUT2D eigenvalue weighted by Gasteiger charge is 2.22. The van der Waals surface area contributed by atoms with E-state index in [9.17, 15) is 4.79 Å². The summed E-state index contributed by atoms with van der Waals surface area (Å²) in [5.41, 5.74) is 3.04. The van der Waals surface area contributed by atoms with Crippen molar-refractivity contribution in [3.63, 3.8) is 0 Å². The van der Waals surface area contributed by atoms with Gasteiger partial charge in [0.15, 0.2) is 0 Å². The molecule has 0 aliphatic carbocycles. The lowest BCUT2D eigenvalue weighted by molar-refractivity contribution is -0.116. The summed E-state index contributed by atoms with van der Waals surface area (Å²) < 4.78 is 7.30. The van der Waals surface area contributed by atoms with E-state index < -0.39 is 0 Å². The number of nitrogens with zero attached hydrogens (tertiary/aromatic N) is 3. The molecule has 0 spiro atoms. The summed E-state index contributed by atoms with van der Waals surface area (Å²) >= 11 is 6.04. The molecule has 29 heavy (non-hydrogen) atoms. The maximum atomic E-state index is 12.5. The van der Waals surface area contributed by atoms with Crippen molar-refractivity contribution in [2.45, 2.75) is 52.6 Å². The number of anilines is 1. The summed E-state index contributed by atoms with van der Waals surface area (Å²) in [5, 5.41) is 8.06. The number of hydrogen-bond donors (Lipinski definition) is 1. The van der Waals surface area contributed by atoms with Crippen LogP contribution in [0.15, 0.2) is 24.4 Å². The van der Waals surface area contributed by atoms with Crippen molar-refractivity contribution in [3.05, 3.63) is 40.7 Å². The number of halogens is 1. The Balaban J connectivity index is 1.49. The van der Waals surface area contributed by atoms with Gasteiger partial charge in [0, 0.05) is 42.8 Å². The second-order valence-corrected chi connectivity index (χ2v) is 8.21. The molecule has 3 rings (SSSR count). The zero-order chi connectivity index (χ0) is 20.8. The number of carbonyl (C=O) groups is 1.